The van der Waals surface area contributed by atoms with E-state index in [4.69, 9.17) is 4.74 Å². The van der Waals surface area contributed by atoms with Crippen LogP contribution < -0.4 is 4.74 Å². The smallest absolute Gasteiger partial charge is 0.150 e. The van der Waals surface area contributed by atoms with Crippen molar-refractivity contribution in [3.63, 3.8) is 0 Å². The van der Waals surface area contributed by atoms with E-state index in [1.807, 2.05) is 0 Å². The van der Waals surface area contributed by atoms with Crippen LogP contribution in [-0.2, 0) is 9.84 Å². The van der Waals surface area contributed by atoms with Crippen molar-refractivity contribution in [2.45, 2.75) is 13.0 Å². The molecule has 17 heavy (non-hydrogen) atoms. The van der Waals surface area contributed by atoms with Crippen LogP contribution in [0.1, 0.15) is 18.6 Å². The van der Waals surface area contributed by atoms with Gasteiger partial charge in [-0.1, -0.05) is 0 Å². The van der Waals surface area contributed by atoms with Gasteiger partial charge in [0.15, 0.2) is 9.84 Å². The lowest BCUT2D eigenvalue weighted by molar-refractivity contribution is 0.191. The second-order valence-electron chi connectivity index (χ2n) is 3.84. The Hall–Kier alpha value is -1.14. The van der Waals surface area contributed by atoms with Crippen molar-refractivity contribution < 1.29 is 22.7 Å². The summed E-state index contributed by atoms with van der Waals surface area (Å²) in [6, 6.07) is 3.74. The maximum atomic E-state index is 13.0. The van der Waals surface area contributed by atoms with Crippen molar-refractivity contribution in [3.8, 4) is 5.75 Å². The zero-order chi connectivity index (χ0) is 13.1. The van der Waals surface area contributed by atoms with Gasteiger partial charge in [-0.15, -0.1) is 0 Å². The Labute approximate surface area is 100.0 Å². The molecule has 1 rings (SSSR count). The van der Waals surface area contributed by atoms with Gasteiger partial charge in [-0.25, -0.2) is 12.8 Å². The Kier molecular flexibility index (Phi) is 4.47. The lowest BCUT2D eigenvalue weighted by atomic mass is 10.1. The van der Waals surface area contributed by atoms with Gasteiger partial charge in [0.25, 0.3) is 0 Å². The Balaban J connectivity index is 2.77. The zero-order valence-electron chi connectivity index (χ0n) is 9.68. The Bertz CT molecular complexity index is 482. The molecule has 0 aliphatic rings. The first-order valence-corrected chi connectivity index (χ1v) is 7.13. The van der Waals surface area contributed by atoms with Crippen molar-refractivity contribution in [1.29, 1.82) is 0 Å². The summed E-state index contributed by atoms with van der Waals surface area (Å²) in [5, 5.41) is 9.42. The van der Waals surface area contributed by atoms with Crippen molar-refractivity contribution >= 4 is 9.84 Å². The number of aliphatic hydroxyl groups is 1. The summed E-state index contributed by atoms with van der Waals surface area (Å²) in [5.74, 6) is -0.301. The number of rotatable bonds is 5. The maximum absolute atomic E-state index is 13.0. The number of hydrogen-bond donors (Lipinski definition) is 1. The molecule has 0 spiro atoms. The van der Waals surface area contributed by atoms with Crippen LogP contribution >= 0.6 is 0 Å². The van der Waals surface area contributed by atoms with Gasteiger partial charge in [0, 0.05) is 11.8 Å². The van der Waals surface area contributed by atoms with E-state index in [1.54, 1.807) is 0 Å². The van der Waals surface area contributed by atoms with Gasteiger partial charge in [0.05, 0.1) is 11.9 Å². The molecule has 4 nitrogen and oxygen atoms in total. The van der Waals surface area contributed by atoms with E-state index in [9.17, 15) is 17.9 Å². The Morgan fingerprint density at radius 1 is 1.47 bits per heavy atom. The molecule has 1 aromatic rings. The van der Waals surface area contributed by atoms with Crippen molar-refractivity contribution in [2.75, 3.05) is 18.6 Å². The third-order valence-electron chi connectivity index (χ3n) is 2.13. The van der Waals surface area contributed by atoms with E-state index in [-0.39, 0.29) is 12.4 Å². The second-order valence-corrected chi connectivity index (χ2v) is 6.10. The molecule has 1 atom stereocenters. The van der Waals surface area contributed by atoms with Crippen LogP contribution in [0.4, 0.5) is 4.39 Å². The standard InChI is InChI=1S/C11H15FO4S/c1-8(13)10-7-9(12)3-4-11(10)16-5-6-17(2,14)15/h3-4,7-8,13H,5-6H2,1-2H3/t8-/m0/s1. The Morgan fingerprint density at radius 2 is 2.12 bits per heavy atom. The minimum absolute atomic E-state index is 0.0236. The van der Waals surface area contributed by atoms with Crippen molar-refractivity contribution in [1.82, 2.24) is 0 Å². The summed E-state index contributed by atoms with van der Waals surface area (Å²) < 4.78 is 40.0. The molecule has 96 valence electrons. The van der Waals surface area contributed by atoms with E-state index in [2.05, 4.69) is 0 Å². The van der Waals surface area contributed by atoms with Crippen molar-refractivity contribution in [3.05, 3.63) is 29.6 Å². The van der Waals surface area contributed by atoms with E-state index in [0.29, 0.717) is 11.3 Å². The summed E-state index contributed by atoms with van der Waals surface area (Å²) in [6.07, 6.45) is 0.232. The van der Waals surface area contributed by atoms with E-state index in [0.717, 1.165) is 6.26 Å². The highest BCUT2D eigenvalue weighted by Crippen LogP contribution is 2.25. The predicted molar refractivity (Wildman–Crippen MR) is 62.2 cm³/mol. The fraction of sp³-hybridized carbons (Fsp3) is 0.455. The molecule has 1 N–H and O–H groups in total. The van der Waals surface area contributed by atoms with Gasteiger partial charge in [-0.3, -0.25) is 0 Å². The van der Waals surface area contributed by atoms with Crippen LogP contribution in [0.25, 0.3) is 0 Å². The number of sulfone groups is 1. The van der Waals surface area contributed by atoms with E-state index < -0.39 is 21.8 Å². The highest BCUT2D eigenvalue weighted by Gasteiger charge is 2.11. The molecule has 0 saturated carbocycles. The summed E-state index contributed by atoms with van der Waals surface area (Å²) in [7, 11) is -3.10. The van der Waals surface area contributed by atoms with E-state index in [1.165, 1.54) is 25.1 Å². The highest BCUT2D eigenvalue weighted by atomic mass is 32.2. The second kappa shape index (κ2) is 5.46. The molecule has 0 fully saturated rings. The third kappa shape index (κ3) is 4.70. The molecule has 0 aliphatic carbocycles. The first-order chi connectivity index (χ1) is 7.79. The molecule has 1 aromatic carbocycles. The highest BCUT2D eigenvalue weighted by molar-refractivity contribution is 7.90. The summed E-state index contributed by atoms with van der Waals surface area (Å²) in [6.45, 7) is 1.46. The first kappa shape index (κ1) is 13.9. The topological polar surface area (TPSA) is 63.6 Å². The number of aliphatic hydroxyl groups excluding tert-OH is 1. The van der Waals surface area contributed by atoms with Crippen LogP contribution in [0, 0.1) is 5.82 Å². The molecular formula is C11H15FO4S. The molecule has 0 heterocycles. The minimum Gasteiger partial charge on any atom is -0.492 e. The molecule has 0 radical (unpaired) electrons. The maximum Gasteiger partial charge on any atom is 0.150 e. The average Bonchev–Trinajstić information content (AvgIpc) is 2.18. The van der Waals surface area contributed by atoms with Crippen LogP contribution in [0.15, 0.2) is 18.2 Å². The lowest BCUT2D eigenvalue weighted by Gasteiger charge is -2.13. The molecule has 0 aromatic heterocycles. The number of ether oxygens (including phenoxy) is 1. The fourth-order valence-corrected chi connectivity index (χ4v) is 1.67. The summed E-state index contributed by atoms with van der Waals surface area (Å²) in [4.78, 5) is 0. The van der Waals surface area contributed by atoms with Gasteiger partial charge in [-0.05, 0) is 25.1 Å². The van der Waals surface area contributed by atoms with Gasteiger partial charge in [0.2, 0.25) is 0 Å². The lowest BCUT2D eigenvalue weighted by Crippen LogP contribution is -2.13. The quantitative estimate of drug-likeness (QED) is 0.868. The normalized spacial score (nSPS) is 13.4. The zero-order valence-corrected chi connectivity index (χ0v) is 10.5. The number of hydrogen-bond acceptors (Lipinski definition) is 4. The van der Waals surface area contributed by atoms with E-state index >= 15 is 0 Å². The molecule has 0 amide bonds. The molecular weight excluding hydrogens is 247 g/mol. The van der Waals surface area contributed by atoms with Gasteiger partial charge in [-0.2, -0.15) is 0 Å². The summed E-state index contributed by atoms with van der Waals surface area (Å²) in [5.41, 5.74) is 0.304. The third-order valence-corrected chi connectivity index (χ3v) is 3.04. The van der Waals surface area contributed by atoms with Crippen LogP contribution in [-0.4, -0.2) is 32.1 Å². The molecule has 0 bridgehead atoms. The SMILES string of the molecule is C[C@H](O)c1cc(F)ccc1OCCS(C)(=O)=O. The molecule has 0 saturated heterocycles. The fourth-order valence-electron chi connectivity index (χ4n) is 1.28. The average molecular weight is 262 g/mol. The molecule has 6 heteroatoms. The monoisotopic (exact) mass is 262 g/mol. The largest absolute Gasteiger partial charge is 0.492 e. The van der Waals surface area contributed by atoms with Crippen LogP contribution in [0.2, 0.25) is 0 Å². The number of benzene rings is 1. The predicted octanol–water partition coefficient (Wildman–Crippen LogP) is 1.30. The first-order valence-electron chi connectivity index (χ1n) is 5.07. The van der Waals surface area contributed by atoms with Gasteiger partial charge >= 0.3 is 0 Å². The number of halogens is 1. The van der Waals surface area contributed by atoms with Crippen LogP contribution in [0.5, 0.6) is 5.75 Å². The Morgan fingerprint density at radius 3 is 2.65 bits per heavy atom. The minimum atomic E-state index is -3.10. The summed E-state index contributed by atoms with van der Waals surface area (Å²) >= 11 is 0. The molecule has 0 aliphatic heterocycles. The van der Waals surface area contributed by atoms with Gasteiger partial charge < -0.3 is 9.84 Å². The van der Waals surface area contributed by atoms with Crippen molar-refractivity contribution in [2.24, 2.45) is 0 Å². The van der Waals surface area contributed by atoms with Gasteiger partial charge in [0.1, 0.15) is 18.2 Å². The molecule has 0 unspecified atom stereocenters. The van der Waals surface area contributed by atoms with Crippen LogP contribution in [0.3, 0.4) is 0 Å².